The fourth-order valence-corrected chi connectivity index (χ4v) is 2.29. The van der Waals surface area contributed by atoms with Crippen molar-refractivity contribution in [3.8, 4) is 0 Å². The molecule has 0 aromatic heterocycles. The molecule has 1 nitrogen and oxygen atoms in total. The number of hydrogen-bond donors (Lipinski definition) is 1. The van der Waals surface area contributed by atoms with E-state index in [9.17, 15) is 0 Å². The predicted octanol–water partition coefficient (Wildman–Crippen LogP) is 3.93. The van der Waals surface area contributed by atoms with Crippen LogP contribution in [-0.2, 0) is 13.0 Å². The van der Waals surface area contributed by atoms with Crippen molar-refractivity contribution in [3.63, 3.8) is 0 Å². The van der Waals surface area contributed by atoms with E-state index in [1.807, 2.05) is 0 Å². The van der Waals surface area contributed by atoms with Crippen LogP contribution in [0, 0.1) is 10.5 Å². The minimum atomic E-state index is 0.947. The molecule has 2 aromatic rings. The number of rotatable bonds is 5. The lowest BCUT2D eigenvalue weighted by Crippen LogP contribution is -2.16. The Bertz CT molecular complexity index is 491. The van der Waals surface area contributed by atoms with Gasteiger partial charge in [-0.2, -0.15) is 0 Å². The van der Waals surface area contributed by atoms with Gasteiger partial charge in [-0.15, -0.1) is 0 Å². The first kappa shape index (κ1) is 13.6. The molecule has 2 aromatic carbocycles. The number of hydrogen-bond acceptors (Lipinski definition) is 1. The van der Waals surface area contributed by atoms with Crippen molar-refractivity contribution in [2.45, 2.75) is 19.9 Å². The van der Waals surface area contributed by atoms with E-state index in [4.69, 9.17) is 0 Å². The third kappa shape index (κ3) is 4.42. The highest BCUT2D eigenvalue weighted by molar-refractivity contribution is 14.1. The molecule has 0 aliphatic heterocycles. The fraction of sp³-hybridized carbons (Fsp3) is 0.250. The van der Waals surface area contributed by atoms with Gasteiger partial charge in [-0.25, -0.2) is 0 Å². The second kappa shape index (κ2) is 6.90. The maximum absolute atomic E-state index is 3.49. The monoisotopic (exact) mass is 351 g/mol. The van der Waals surface area contributed by atoms with E-state index in [0.29, 0.717) is 0 Å². The van der Waals surface area contributed by atoms with Crippen LogP contribution in [0.3, 0.4) is 0 Å². The Morgan fingerprint density at radius 3 is 2.50 bits per heavy atom. The number of aryl methyl sites for hydroxylation is 1. The third-order valence-corrected chi connectivity index (χ3v) is 3.63. The highest BCUT2D eigenvalue weighted by Gasteiger charge is 1.95. The molecule has 18 heavy (non-hydrogen) atoms. The average Bonchev–Trinajstić information content (AvgIpc) is 2.37. The second-order valence-corrected chi connectivity index (χ2v) is 5.79. The Labute approximate surface area is 123 Å². The van der Waals surface area contributed by atoms with Crippen molar-refractivity contribution >= 4 is 22.6 Å². The molecule has 0 unspecified atom stereocenters. The Hall–Kier alpha value is -0.870. The van der Waals surface area contributed by atoms with E-state index in [2.05, 4.69) is 83.4 Å². The molecule has 0 heterocycles. The van der Waals surface area contributed by atoms with Crippen LogP contribution in [0.5, 0.6) is 0 Å². The van der Waals surface area contributed by atoms with Crippen LogP contribution in [-0.4, -0.2) is 6.54 Å². The summed E-state index contributed by atoms with van der Waals surface area (Å²) in [4.78, 5) is 0. The lowest BCUT2D eigenvalue weighted by Gasteiger charge is -2.06. The first-order valence-electron chi connectivity index (χ1n) is 6.25. The fourth-order valence-electron chi connectivity index (χ4n) is 1.94. The van der Waals surface area contributed by atoms with Gasteiger partial charge in [0, 0.05) is 10.1 Å². The zero-order chi connectivity index (χ0) is 12.8. The molecule has 0 saturated carbocycles. The van der Waals surface area contributed by atoms with Gasteiger partial charge < -0.3 is 5.32 Å². The molecular formula is C16H18IN. The summed E-state index contributed by atoms with van der Waals surface area (Å²) in [6.07, 6.45) is 1.09. The first-order chi connectivity index (χ1) is 8.74. The Balaban J connectivity index is 1.74. The Morgan fingerprint density at radius 1 is 1.00 bits per heavy atom. The van der Waals surface area contributed by atoms with Gasteiger partial charge in [-0.05, 0) is 65.7 Å². The summed E-state index contributed by atoms with van der Waals surface area (Å²) < 4.78 is 1.29. The van der Waals surface area contributed by atoms with E-state index < -0.39 is 0 Å². The minimum absolute atomic E-state index is 0.947. The molecule has 94 valence electrons. The van der Waals surface area contributed by atoms with Crippen molar-refractivity contribution in [1.29, 1.82) is 0 Å². The van der Waals surface area contributed by atoms with E-state index in [-0.39, 0.29) is 0 Å². The predicted molar refractivity (Wildman–Crippen MR) is 85.7 cm³/mol. The summed E-state index contributed by atoms with van der Waals surface area (Å²) in [5, 5.41) is 3.49. The maximum atomic E-state index is 3.49. The first-order valence-corrected chi connectivity index (χ1v) is 7.32. The number of nitrogens with one attached hydrogen (secondary N) is 1. The lowest BCUT2D eigenvalue weighted by atomic mass is 10.1. The normalized spacial score (nSPS) is 10.6. The van der Waals surface area contributed by atoms with E-state index in [1.54, 1.807) is 0 Å². The van der Waals surface area contributed by atoms with Crippen molar-refractivity contribution in [2.75, 3.05) is 6.54 Å². The number of halogens is 1. The van der Waals surface area contributed by atoms with Gasteiger partial charge in [0.2, 0.25) is 0 Å². The summed E-state index contributed by atoms with van der Waals surface area (Å²) in [5.74, 6) is 0. The molecule has 1 N–H and O–H groups in total. The van der Waals surface area contributed by atoms with Gasteiger partial charge in [0.25, 0.3) is 0 Å². The molecular weight excluding hydrogens is 333 g/mol. The van der Waals surface area contributed by atoms with Crippen LogP contribution in [0.1, 0.15) is 16.7 Å². The van der Waals surface area contributed by atoms with Crippen molar-refractivity contribution < 1.29 is 0 Å². The van der Waals surface area contributed by atoms with Gasteiger partial charge in [0.15, 0.2) is 0 Å². The maximum Gasteiger partial charge on any atom is 0.0205 e. The van der Waals surface area contributed by atoms with Crippen molar-refractivity contribution in [1.82, 2.24) is 5.32 Å². The van der Waals surface area contributed by atoms with Crippen LogP contribution in [0.15, 0.2) is 48.5 Å². The lowest BCUT2D eigenvalue weighted by molar-refractivity contribution is 0.687. The molecule has 0 fully saturated rings. The van der Waals surface area contributed by atoms with Crippen LogP contribution >= 0.6 is 22.6 Å². The Morgan fingerprint density at radius 2 is 1.78 bits per heavy atom. The molecule has 0 atom stereocenters. The SMILES string of the molecule is Cc1cccc(CCNCc2ccc(I)cc2)c1. The number of benzene rings is 2. The molecule has 0 amide bonds. The molecule has 0 aliphatic carbocycles. The van der Waals surface area contributed by atoms with Crippen LogP contribution in [0.25, 0.3) is 0 Å². The molecule has 2 heteroatoms. The summed E-state index contributed by atoms with van der Waals surface area (Å²) in [6.45, 7) is 4.11. The van der Waals surface area contributed by atoms with E-state index in [1.165, 1.54) is 20.3 Å². The summed E-state index contributed by atoms with van der Waals surface area (Å²) in [5.41, 5.74) is 4.09. The van der Waals surface area contributed by atoms with Gasteiger partial charge in [-0.3, -0.25) is 0 Å². The highest BCUT2D eigenvalue weighted by atomic mass is 127. The molecule has 0 bridgehead atoms. The van der Waals surface area contributed by atoms with E-state index in [0.717, 1.165) is 19.5 Å². The zero-order valence-electron chi connectivity index (χ0n) is 10.6. The van der Waals surface area contributed by atoms with Crippen molar-refractivity contribution in [2.24, 2.45) is 0 Å². The zero-order valence-corrected chi connectivity index (χ0v) is 12.8. The van der Waals surface area contributed by atoms with E-state index >= 15 is 0 Å². The largest absolute Gasteiger partial charge is 0.312 e. The standard InChI is InChI=1S/C16H18IN/c1-13-3-2-4-14(11-13)9-10-18-12-15-5-7-16(17)8-6-15/h2-8,11,18H,9-10,12H2,1H3. The molecule has 2 rings (SSSR count). The quantitative estimate of drug-likeness (QED) is 0.636. The summed E-state index contributed by atoms with van der Waals surface area (Å²) >= 11 is 2.33. The second-order valence-electron chi connectivity index (χ2n) is 4.54. The third-order valence-electron chi connectivity index (χ3n) is 2.92. The topological polar surface area (TPSA) is 12.0 Å². The van der Waals surface area contributed by atoms with Gasteiger partial charge in [-0.1, -0.05) is 42.0 Å². The molecule has 0 spiro atoms. The van der Waals surface area contributed by atoms with Gasteiger partial charge >= 0.3 is 0 Å². The van der Waals surface area contributed by atoms with Crippen molar-refractivity contribution in [3.05, 3.63) is 68.8 Å². The summed E-state index contributed by atoms with van der Waals surface area (Å²) in [7, 11) is 0. The smallest absolute Gasteiger partial charge is 0.0205 e. The Kier molecular flexibility index (Phi) is 5.20. The van der Waals surface area contributed by atoms with Crippen LogP contribution in [0.4, 0.5) is 0 Å². The van der Waals surface area contributed by atoms with Gasteiger partial charge in [0.05, 0.1) is 0 Å². The highest BCUT2D eigenvalue weighted by Crippen LogP contribution is 2.07. The van der Waals surface area contributed by atoms with Crippen LogP contribution in [0.2, 0.25) is 0 Å². The molecule has 0 saturated heterocycles. The molecule has 0 radical (unpaired) electrons. The average molecular weight is 351 g/mol. The summed E-state index contributed by atoms with van der Waals surface area (Å²) in [6, 6.07) is 17.4. The van der Waals surface area contributed by atoms with Gasteiger partial charge in [0.1, 0.15) is 0 Å². The molecule has 0 aliphatic rings. The van der Waals surface area contributed by atoms with Crippen LogP contribution < -0.4 is 5.32 Å². The minimum Gasteiger partial charge on any atom is -0.312 e.